The second-order valence-corrected chi connectivity index (χ2v) is 4.16. The van der Waals surface area contributed by atoms with E-state index in [2.05, 4.69) is 0 Å². The number of nitrogens with zero attached hydrogens (tertiary/aromatic N) is 2. The smallest absolute Gasteiger partial charge is 0.270 e. The van der Waals surface area contributed by atoms with E-state index in [4.69, 9.17) is 0 Å². The van der Waals surface area contributed by atoms with Gasteiger partial charge in [0, 0.05) is 25.2 Å². The molecule has 0 aliphatic carbocycles. The fourth-order valence-electron chi connectivity index (χ4n) is 1.71. The third-order valence-electron chi connectivity index (χ3n) is 2.84. The van der Waals surface area contributed by atoms with Gasteiger partial charge in [0.2, 0.25) is 0 Å². The number of nitro groups is 1. The summed E-state index contributed by atoms with van der Waals surface area (Å²) in [7, 11) is 0. The summed E-state index contributed by atoms with van der Waals surface area (Å²) in [4.78, 5) is 23.6. The molecule has 1 aromatic rings. The molecular formula is C13H17FN2O3. The molecule has 0 N–H and O–H groups in total. The predicted molar refractivity (Wildman–Crippen MR) is 69.5 cm³/mol. The monoisotopic (exact) mass is 268 g/mol. The van der Waals surface area contributed by atoms with Crippen LogP contribution in [0.25, 0.3) is 0 Å². The molecule has 0 aliphatic heterocycles. The minimum atomic E-state index is -0.731. The highest BCUT2D eigenvalue weighted by Crippen LogP contribution is 2.18. The minimum absolute atomic E-state index is 0.243. The van der Waals surface area contributed by atoms with E-state index < -0.39 is 16.6 Å². The van der Waals surface area contributed by atoms with Gasteiger partial charge in [-0.1, -0.05) is 13.3 Å². The lowest BCUT2D eigenvalue weighted by Gasteiger charge is -2.20. The molecule has 104 valence electrons. The fourth-order valence-corrected chi connectivity index (χ4v) is 1.71. The Bertz CT molecular complexity index is 477. The number of benzene rings is 1. The molecule has 1 amide bonds. The Labute approximate surface area is 111 Å². The van der Waals surface area contributed by atoms with Crippen molar-refractivity contribution in [2.75, 3.05) is 13.1 Å². The van der Waals surface area contributed by atoms with Gasteiger partial charge in [-0.3, -0.25) is 14.9 Å². The van der Waals surface area contributed by atoms with Crippen LogP contribution in [0.5, 0.6) is 0 Å². The highest BCUT2D eigenvalue weighted by atomic mass is 19.1. The van der Waals surface area contributed by atoms with Gasteiger partial charge in [-0.15, -0.1) is 0 Å². The molecule has 1 aromatic carbocycles. The fraction of sp³-hybridized carbons (Fsp3) is 0.462. The van der Waals surface area contributed by atoms with E-state index in [0.717, 1.165) is 31.0 Å². The van der Waals surface area contributed by atoms with Crippen molar-refractivity contribution in [2.45, 2.75) is 26.7 Å². The highest BCUT2D eigenvalue weighted by Gasteiger charge is 2.20. The summed E-state index contributed by atoms with van der Waals surface area (Å²) in [5, 5.41) is 10.7. The Hall–Kier alpha value is -1.98. The Balaban J connectivity index is 3.02. The summed E-state index contributed by atoms with van der Waals surface area (Å²) in [6.45, 7) is 4.75. The van der Waals surface area contributed by atoms with Crippen LogP contribution in [0.4, 0.5) is 10.1 Å². The SMILES string of the molecule is CCCCN(CC)C(=O)c1cc([N+](=O)[O-])ccc1F. The number of amides is 1. The van der Waals surface area contributed by atoms with Gasteiger partial charge in [-0.25, -0.2) is 4.39 Å². The van der Waals surface area contributed by atoms with Gasteiger partial charge in [-0.2, -0.15) is 0 Å². The van der Waals surface area contributed by atoms with Crippen LogP contribution in [-0.4, -0.2) is 28.8 Å². The van der Waals surface area contributed by atoms with E-state index >= 15 is 0 Å². The molecule has 0 bridgehead atoms. The normalized spacial score (nSPS) is 10.3. The van der Waals surface area contributed by atoms with E-state index in [1.54, 1.807) is 6.92 Å². The van der Waals surface area contributed by atoms with E-state index in [0.29, 0.717) is 13.1 Å². The molecule has 0 saturated carbocycles. The van der Waals surface area contributed by atoms with Gasteiger partial charge in [0.05, 0.1) is 10.5 Å². The Kier molecular flexibility index (Phi) is 5.41. The number of carbonyl (C=O) groups is 1. The van der Waals surface area contributed by atoms with E-state index in [-0.39, 0.29) is 11.3 Å². The van der Waals surface area contributed by atoms with Crippen LogP contribution < -0.4 is 0 Å². The third-order valence-corrected chi connectivity index (χ3v) is 2.84. The van der Waals surface area contributed by atoms with Crippen molar-refractivity contribution in [2.24, 2.45) is 0 Å². The zero-order chi connectivity index (χ0) is 14.4. The lowest BCUT2D eigenvalue weighted by molar-refractivity contribution is -0.384. The number of rotatable bonds is 6. The van der Waals surface area contributed by atoms with Gasteiger partial charge < -0.3 is 4.90 Å². The highest BCUT2D eigenvalue weighted by molar-refractivity contribution is 5.95. The maximum Gasteiger partial charge on any atom is 0.270 e. The van der Waals surface area contributed by atoms with Crippen LogP contribution in [0.3, 0.4) is 0 Å². The quantitative estimate of drug-likeness (QED) is 0.588. The summed E-state index contributed by atoms with van der Waals surface area (Å²) in [5.41, 5.74) is -0.525. The molecule has 0 atom stereocenters. The van der Waals surface area contributed by atoms with E-state index in [1.807, 2.05) is 6.92 Å². The molecule has 0 radical (unpaired) electrons. The zero-order valence-electron chi connectivity index (χ0n) is 11.1. The second kappa shape index (κ2) is 6.82. The van der Waals surface area contributed by atoms with Crippen LogP contribution in [0.2, 0.25) is 0 Å². The summed E-state index contributed by atoms with van der Waals surface area (Å²) < 4.78 is 13.6. The average Bonchev–Trinajstić information content (AvgIpc) is 2.39. The van der Waals surface area contributed by atoms with Crippen molar-refractivity contribution in [1.82, 2.24) is 4.90 Å². The summed E-state index contributed by atoms with van der Waals surface area (Å²) in [6.07, 6.45) is 1.73. The molecule has 0 aromatic heterocycles. The maximum atomic E-state index is 13.6. The lowest BCUT2D eigenvalue weighted by atomic mass is 10.1. The molecule has 6 heteroatoms. The maximum absolute atomic E-state index is 13.6. The van der Waals surface area contributed by atoms with Crippen LogP contribution in [0, 0.1) is 15.9 Å². The van der Waals surface area contributed by atoms with E-state index in [9.17, 15) is 19.3 Å². The van der Waals surface area contributed by atoms with Crippen molar-refractivity contribution in [3.63, 3.8) is 0 Å². The van der Waals surface area contributed by atoms with Crippen LogP contribution in [0.15, 0.2) is 18.2 Å². The van der Waals surface area contributed by atoms with Crippen molar-refractivity contribution in [3.8, 4) is 0 Å². The second-order valence-electron chi connectivity index (χ2n) is 4.16. The molecule has 0 spiro atoms. The van der Waals surface area contributed by atoms with Crippen LogP contribution in [0.1, 0.15) is 37.0 Å². The number of non-ortho nitro benzene ring substituents is 1. The van der Waals surface area contributed by atoms with E-state index in [1.165, 1.54) is 4.90 Å². The van der Waals surface area contributed by atoms with Gasteiger partial charge in [-0.05, 0) is 19.4 Å². The topological polar surface area (TPSA) is 63.5 Å². The number of hydrogen-bond acceptors (Lipinski definition) is 3. The largest absolute Gasteiger partial charge is 0.339 e. The molecule has 0 unspecified atom stereocenters. The number of hydrogen-bond donors (Lipinski definition) is 0. The Morgan fingerprint density at radius 1 is 1.42 bits per heavy atom. The zero-order valence-corrected chi connectivity index (χ0v) is 11.1. The average molecular weight is 268 g/mol. The van der Waals surface area contributed by atoms with Gasteiger partial charge in [0.15, 0.2) is 0 Å². The summed E-state index contributed by atoms with van der Waals surface area (Å²) in [6, 6.07) is 3.00. The van der Waals surface area contributed by atoms with Gasteiger partial charge in [0.1, 0.15) is 5.82 Å². The lowest BCUT2D eigenvalue weighted by Crippen LogP contribution is -2.32. The van der Waals surface area contributed by atoms with Gasteiger partial charge >= 0.3 is 0 Å². The summed E-state index contributed by atoms with van der Waals surface area (Å²) in [5.74, 6) is -1.23. The third kappa shape index (κ3) is 3.74. The molecular weight excluding hydrogens is 251 g/mol. The van der Waals surface area contributed by atoms with Crippen molar-refractivity contribution >= 4 is 11.6 Å². The van der Waals surface area contributed by atoms with Gasteiger partial charge in [0.25, 0.3) is 11.6 Å². The first-order chi connectivity index (χ1) is 9.01. The first-order valence-corrected chi connectivity index (χ1v) is 6.24. The Morgan fingerprint density at radius 3 is 2.63 bits per heavy atom. The molecule has 5 nitrogen and oxygen atoms in total. The molecule has 19 heavy (non-hydrogen) atoms. The number of halogens is 1. The van der Waals surface area contributed by atoms with Crippen LogP contribution in [-0.2, 0) is 0 Å². The Morgan fingerprint density at radius 2 is 2.11 bits per heavy atom. The molecule has 1 rings (SSSR count). The van der Waals surface area contributed by atoms with Crippen molar-refractivity contribution < 1.29 is 14.1 Å². The van der Waals surface area contributed by atoms with Crippen LogP contribution >= 0.6 is 0 Å². The molecule has 0 fully saturated rings. The standard InChI is InChI=1S/C13H17FN2O3/c1-3-5-8-15(4-2)13(17)11-9-10(16(18)19)6-7-12(11)14/h6-7,9H,3-5,8H2,1-2H3. The molecule has 0 aliphatic rings. The first-order valence-electron chi connectivity index (χ1n) is 6.24. The molecule has 0 heterocycles. The predicted octanol–water partition coefficient (Wildman–Crippen LogP) is 3.00. The molecule has 0 saturated heterocycles. The van der Waals surface area contributed by atoms with Crippen molar-refractivity contribution in [3.05, 3.63) is 39.7 Å². The number of nitro benzene ring substituents is 1. The number of carbonyl (C=O) groups excluding carboxylic acids is 1. The number of unbranched alkanes of at least 4 members (excludes halogenated alkanes) is 1. The van der Waals surface area contributed by atoms with Crippen molar-refractivity contribution in [1.29, 1.82) is 0 Å². The summed E-state index contributed by atoms with van der Waals surface area (Å²) >= 11 is 0. The first kappa shape index (κ1) is 15.1. The minimum Gasteiger partial charge on any atom is -0.339 e.